The van der Waals surface area contributed by atoms with Crippen molar-refractivity contribution in [2.45, 2.75) is 38.8 Å². The highest BCUT2D eigenvalue weighted by Crippen LogP contribution is 2.14. The number of nitrogens with zero attached hydrogens (tertiary/aromatic N) is 2. The third-order valence-electron chi connectivity index (χ3n) is 4.03. The third kappa shape index (κ3) is 4.68. The molecule has 0 aliphatic carbocycles. The van der Waals surface area contributed by atoms with Crippen LogP contribution in [0.15, 0.2) is 0 Å². The van der Waals surface area contributed by atoms with Crippen LogP contribution in [-0.2, 0) is 14.3 Å². The molecule has 2 saturated heterocycles. The Morgan fingerprint density at radius 1 is 1.33 bits per heavy atom. The molecule has 2 rings (SSSR count). The fourth-order valence-electron chi connectivity index (χ4n) is 2.93. The summed E-state index contributed by atoms with van der Waals surface area (Å²) in [6.45, 7) is 7.66. The van der Waals surface area contributed by atoms with Gasteiger partial charge in [-0.25, -0.2) is 0 Å². The Morgan fingerprint density at radius 2 is 2.10 bits per heavy atom. The lowest BCUT2D eigenvalue weighted by Crippen LogP contribution is -2.51. The van der Waals surface area contributed by atoms with Crippen LogP contribution in [0.4, 0.5) is 0 Å². The van der Waals surface area contributed by atoms with Crippen LogP contribution in [0.3, 0.4) is 0 Å². The van der Waals surface area contributed by atoms with Crippen LogP contribution in [0, 0.1) is 5.92 Å². The van der Waals surface area contributed by atoms with Gasteiger partial charge in [-0.3, -0.25) is 9.59 Å². The molecular weight excluding hydrogens is 270 g/mol. The first-order chi connectivity index (χ1) is 9.95. The standard InChI is InChI=1S/C15H27N3O3/c1-11(2)8-13-15(20)18(5-4-14(19)16-13)10-12-9-17(3)6-7-21-12/h11-13H,4-10H2,1-3H3,(H,16,19). The van der Waals surface area contributed by atoms with Gasteiger partial charge in [0.2, 0.25) is 11.8 Å². The topological polar surface area (TPSA) is 61.9 Å². The summed E-state index contributed by atoms with van der Waals surface area (Å²) in [5, 5.41) is 2.85. The highest BCUT2D eigenvalue weighted by Gasteiger charge is 2.32. The first-order valence-corrected chi connectivity index (χ1v) is 7.84. The van der Waals surface area contributed by atoms with Gasteiger partial charge in [-0.1, -0.05) is 13.8 Å². The molecule has 0 radical (unpaired) electrons. The fourth-order valence-corrected chi connectivity index (χ4v) is 2.93. The molecule has 2 atom stereocenters. The van der Waals surface area contributed by atoms with E-state index in [-0.39, 0.29) is 24.0 Å². The zero-order valence-electron chi connectivity index (χ0n) is 13.3. The van der Waals surface area contributed by atoms with E-state index in [1.165, 1.54) is 0 Å². The SMILES string of the molecule is CC(C)CC1NC(=O)CCN(CC2CN(C)CCO2)C1=O. The van der Waals surface area contributed by atoms with Crippen molar-refractivity contribution >= 4 is 11.8 Å². The Kier molecular flexibility index (Phi) is 5.58. The van der Waals surface area contributed by atoms with Gasteiger partial charge in [0.05, 0.1) is 12.7 Å². The first-order valence-electron chi connectivity index (χ1n) is 7.84. The molecule has 2 aliphatic heterocycles. The molecule has 6 nitrogen and oxygen atoms in total. The molecule has 0 bridgehead atoms. The molecule has 2 amide bonds. The normalized spacial score (nSPS) is 28.7. The minimum absolute atomic E-state index is 0.0295. The lowest BCUT2D eigenvalue weighted by atomic mass is 10.0. The number of carbonyl (C=O) groups excluding carboxylic acids is 2. The number of ether oxygens (including phenoxy) is 1. The van der Waals surface area contributed by atoms with E-state index >= 15 is 0 Å². The second-order valence-corrected chi connectivity index (χ2v) is 6.54. The lowest BCUT2D eigenvalue weighted by Gasteiger charge is -2.34. The molecule has 0 spiro atoms. The van der Waals surface area contributed by atoms with Gasteiger partial charge in [0.1, 0.15) is 6.04 Å². The van der Waals surface area contributed by atoms with Crippen molar-refractivity contribution < 1.29 is 14.3 Å². The van der Waals surface area contributed by atoms with Crippen molar-refractivity contribution in [3.05, 3.63) is 0 Å². The fraction of sp³-hybridized carbons (Fsp3) is 0.867. The van der Waals surface area contributed by atoms with Crippen LogP contribution >= 0.6 is 0 Å². The van der Waals surface area contributed by atoms with Crippen molar-refractivity contribution in [1.29, 1.82) is 0 Å². The average molecular weight is 297 g/mol. The number of carbonyl (C=O) groups is 2. The van der Waals surface area contributed by atoms with Crippen molar-refractivity contribution in [3.63, 3.8) is 0 Å². The summed E-state index contributed by atoms with van der Waals surface area (Å²) in [5.74, 6) is 0.376. The summed E-state index contributed by atoms with van der Waals surface area (Å²) in [6.07, 6.45) is 1.11. The number of amides is 2. The number of nitrogens with one attached hydrogen (secondary N) is 1. The summed E-state index contributed by atoms with van der Waals surface area (Å²) in [7, 11) is 2.06. The Morgan fingerprint density at radius 3 is 2.76 bits per heavy atom. The van der Waals surface area contributed by atoms with E-state index in [9.17, 15) is 9.59 Å². The maximum atomic E-state index is 12.6. The molecule has 120 valence electrons. The van der Waals surface area contributed by atoms with Gasteiger partial charge in [-0.15, -0.1) is 0 Å². The van der Waals surface area contributed by atoms with E-state index in [0.717, 1.165) is 13.1 Å². The minimum atomic E-state index is -0.388. The molecule has 21 heavy (non-hydrogen) atoms. The van der Waals surface area contributed by atoms with Crippen LogP contribution in [0.25, 0.3) is 0 Å². The smallest absolute Gasteiger partial charge is 0.245 e. The molecular formula is C15H27N3O3. The molecule has 0 aromatic rings. The zero-order valence-corrected chi connectivity index (χ0v) is 13.3. The highest BCUT2D eigenvalue weighted by molar-refractivity contribution is 5.89. The molecule has 2 fully saturated rings. The van der Waals surface area contributed by atoms with Gasteiger partial charge in [0.25, 0.3) is 0 Å². The van der Waals surface area contributed by atoms with Gasteiger partial charge in [-0.2, -0.15) is 0 Å². The number of likely N-dealkylation sites (N-methyl/N-ethyl adjacent to an activating group) is 1. The maximum Gasteiger partial charge on any atom is 0.245 e. The monoisotopic (exact) mass is 297 g/mol. The van der Waals surface area contributed by atoms with Crippen molar-refractivity contribution in [2.75, 3.05) is 39.8 Å². The van der Waals surface area contributed by atoms with E-state index in [1.54, 1.807) is 4.90 Å². The average Bonchev–Trinajstić information content (AvgIpc) is 2.52. The quantitative estimate of drug-likeness (QED) is 0.798. The molecule has 0 aromatic carbocycles. The van der Waals surface area contributed by atoms with Crippen molar-refractivity contribution in [1.82, 2.24) is 15.1 Å². The minimum Gasteiger partial charge on any atom is -0.374 e. The zero-order chi connectivity index (χ0) is 15.4. The van der Waals surface area contributed by atoms with Crippen LogP contribution in [0.1, 0.15) is 26.7 Å². The van der Waals surface area contributed by atoms with Crippen LogP contribution in [0.5, 0.6) is 0 Å². The number of hydrogen-bond donors (Lipinski definition) is 1. The summed E-state index contributed by atoms with van der Waals surface area (Å²) >= 11 is 0. The van der Waals surface area contributed by atoms with Crippen molar-refractivity contribution in [3.8, 4) is 0 Å². The number of hydrogen-bond acceptors (Lipinski definition) is 4. The molecule has 6 heteroatoms. The predicted molar refractivity (Wildman–Crippen MR) is 79.8 cm³/mol. The molecule has 2 unspecified atom stereocenters. The molecule has 2 aliphatic rings. The van der Waals surface area contributed by atoms with Crippen LogP contribution in [0.2, 0.25) is 0 Å². The van der Waals surface area contributed by atoms with Gasteiger partial charge >= 0.3 is 0 Å². The summed E-state index contributed by atoms with van der Waals surface area (Å²) in [5.41, 5.74) is 0. The van der Waals surface area contributed by atoms with Crippen molar-refractivity contribution in [2.24, 2.45) is 5.92 Å². The maximum absolute atomic E-state index is 12.6. The van der Waals surface area contributed by atoms with E-state index < -0.39 is 0 Å². The molecule has 1 N–H and O–H groups in total. The summed E-state index contributed by atoms with van der Waals surface area (Å²) < 4.78 is 5.74. The first kappa shape index (κ1) is 16.2. The second kappa shape index (κ2) is 7.22. The van der Waals surface area contributed by atoms with E-state index in [1.807, 2.05) is 0 Å². The Hall–Kier alpha value is -1.14. The van der Waals surface area contributed by atoms with Gasteiger partial charge in [0, 0.05) is 32.6 Å². The van der Waals surface area contributed by atoms with Gasteiger partial charge in [-0.05, 0) is 19.4 Å². The van der Waals surface area contributed by atoms with E-state index in [2.05, 4.69) is 31.1 Å². The summed E-state index contributed by atoms with van der Waals surface area (Å²) in [4.78, 5) is 28.4. The number of morpholine rings is 1. The van der Waals surface area contributed by atoms with E-state index in [4.69, 9.17) is 4.74 Å². The third-order valence-corrected chi connectivity index (χ3v) is 4.03. The molecule has 2 heterocycles. The highest BCUT2D eigenvalue weighted by atomic mass is 16.5. The molecule has 0 saturated carbocycles. The van der Waals surface area contributed by atoms with E-state index in [0.29, 0.717) is 38.5 Å². The number of rotatable bonds is 4. The Labute approximate surface area is 126 Å². The predicted octanol–water partition coefficient (Wildman–Crippen LogP) is 0.0802. The van der Waals surface area contributed by atoms with Gasteiger partial charge < -0.3 is 19.9 Å². The Balaban J connectivity index is 1.99. The summed E-state index contributed by atoms with van der Waals surface area (Å²) in [6, 6.07) is -0.388. The van der Waals surface area contributed by atoms with Crippen LogP contribution in [-0.4, -0.2) is 73.6 Å². The Bertz CT molecular complexity index is 386. The largest absolute Gasteiger partial charge is 0.374 e. The van der Waals surface area contributed by atoms with Gasteiger partial charge in [0.15, 0.2) is 0 Å². The second-order valence-electron chi connectivity index (χ2n) is 6.54. The molecule has 0 aromatic heterocycles. The van der Waals surface area contributed by atoms with Crippen LogP contribution < -0.4 is 5.32 Å². The lowest BCUT2D eigenvalue weighted by molar-refractivity contribution is -0.136.